The van der Waals surface area contributed by atoms with Gasteiger partial charge in [0.1, 0.15) is 0 Å². The van der Waals surface area contributed by atoms with Crippen LogP contribution < -0.4 is 0 Å². The molecule has 1 unspecified atom stereocenters. The van der Waals surface area contributed by atoms with Gasteiger partial charge in [0.2, 0.25) is 0 Å². The first-order valence-corrected chi connectivity index (χ1v) is 15.9. The first kappa shape index (κ1) is 31.6. The lowest BCUT2D eigenvalue weighted by Gasteiger charge is -2.30. The van der Waals surface area contributed by atoms with Crippen molar-refractivity contribution in [3.05, 3.63) is 0 Å². The van der Waals surface area contributed by atoms with Gasteiger partial charge in [0.25, 0.3) is 0 Å². The zero-order chi connectivity index (χ0) is 23.4. The molecule has 0 aliphatic carbocycles. The van der Waals surface area contributed by atoms with Gasteiger partial charge in [-0.1, -0.05) is 113 Å². The summed E-state index contributed by atoms with van der Waals surface area (Å²) in [6.45, 7) is 6.92. The highest BCUT2D eigenvalue weighted by atomic mass is 79.9. The molecule has 0 amide bonds. The van der Waals surface area contributed by atoms with Crippen LogP contribution in [0.3, 0.4) is 0 Å². The topological polar surface area (TPSA) is 27.7 Å². The van der Waals surface area contributed by atoms with Gasteiger partial charge >= 0.3 is 8.80 Å². The van der Waals surface area contributed by atoms with Crippen molar-refractivity contribution in [2.45, 2.75) is 140 Å². The van der Waals surface area contributed by atoms with Crippen LogP contribution in [0.2, 0.25) is 6.04 Å². The van der Waals surface area contributed by atoms with Crippen LogP contribution in [0.4, 0.5) is 0 Å². The van der Waals surface area contributed by atoms with Crippen molar-refractivity contribution in [1.29, 1.82) is 0 Å². The molecule has 0 N–H and O–H groups in total. The van der Waals surface area contributed by atoms with E-state index in [-0.39, 0.29) is 4.32 Å². The molecule has 3 nitrogen and oxygen atoms in total. The molecule has 0 fully saturated rings. The van der Waals surface area contributed by atoms with E-state index in [4.69, 9.17) is 13.3 Å². The molecule has 0 aliphatic heterocycles. The maximum atomic E-state index is 5.57. The summed E-state index contributed by atoms with van der Waals surface area (Å²) in [7, 11) is 2.69. The first-order chi connectivity index (χ1) is 14.8. The predicted molar refractivity (Wildman–Crippen MR) is 142 cm³/mol. The summed E-state index contributed by atoms with van der Waals surface area (Å²) in [5, 5.41) is 0. The van der Waals surface area contributed by atoms with Crippen LogP contribution >= 0.6 is 15.9 Å². The predicted octanol–water partition coefficient (Wildman–Crippen LogP) is 9.31. The highest BCUT2D eigenvalue weighted by Gasteiger charge is 2.37. The monoisotopic (exact) mass is 522 g/mol. The second-order valence-electron chi connectivity index (χ2n) is 9.83. The van der Waals surface area contributed by atoms with Crippen LogP contribution in [0.25, 0.3) is 0 Å². The van der Waals surface area contributed by atoms with E-state index in [1.165, 1.54) is 103 Å². The Bertz CT molecular complexity index is 375. The summed E-state index contributed by atoms with van der Waals surface area (Å²) in [4.78, 5) is 0. The van der Waals surface area contributed by atoms with E-state index in [1.807, 2.05) is 0 Å². The van der Waals surface area contributed by atoms with Gasteiger partial charge in [-0.2, -0.15) is 0 Å². The standard InChI is InChI=1S/C26H55BrO3Si/c1-7-8-9-10-11-12-13-14-15-16-17-18-19-20-22-25(26(2,3)27)23-21-24-31(28-4,29-5)30-6/h25H,7-24H2,1-6H3. The number of rotatable bonds is 23. The Morgan fingerprint density at radius 1 is 0.613 bits per heavy atom. The molecule has 0 aliphatic rings. The zero-order valence-corrected chi connectivity index (χ0v) is 24.5. The van der Waals surface area contributed by atoms with Crippen molar-refractivity contribution in [2.24, 2.45) is 5.92 Å². The fourth-order valence-electron chi connectivity index (χ4n) is 4.54. The van der Waals surface area contributed by atoms with Crippen molar-refractivity contribution in [1.82, 2.24) is 0 Å². The maximum Gasteiger partial charge on any atom is 0.500 e. The fourth-order valence-corrected chi connectivity index (χ4v) is 6.74. The fraction of sp³-hybridized carbons (Fsp3) is 1.00. The molecule has 0 bridgehead atoms. The first-order valence-electron chi connectivity index (χ1n) is 13.2. The SMILES string of the molecule is CCCCCCCCCCCCCCCCC(CCC[Si](OC)(OC)OC)C(C)(C)Br. The van der Waals surface area contributed by atoms with E-state index in [9.17, 15) is 0 Å². The Kier molecular flexibility index (Phi) is 20.4. The number of halogens is 1. The summed E-state index contributed by atoms with van der Waals surface area (Å²) in [5.41, 5.74) is 0. The smallest absolute Gasteiger partial charge is 0.377 e. The van der Waals surface area contributed by atoms with Crippen molar-refractivity contribution < 1.29 is 13.3 Å². The molecule has 5 heteroatoms. The summed E-state index contributed by atoms with van der Waals surface area (Å²) >= 11 is 3.94. The van der Waals surface area contributed by atoms with Crippen molar-refractivity contribution in [3.63, 3.8) is 0 Å². The molecule has 0 heterocycles. The van der Waals surface area contributed by atoms with Crippen LogP contribution in [-0.4, -0.2) is 34.5 Å². The van der Waals surface area contributed by atoms with E-state index < -0.39 is 8.80 Å². The van der Waals surface area contributed by atoms with E-state index in [0.717, 1.165) is 12.5 Å². The van der Waals surface area contributed by atoms with E-state index in [2.05, 4.69) is 36.7 Å². The number of hydrogen-bond acceptors (Lipinski definition) is 3. The molecule has 31 heavy (non-hydrogen) atoms. The van der Waals surface area contributed by atoms with Crippen LogP contribution in [0, 0.1) is 5.92 Å². The molecule has 0 radical (unpaired) electrons. The minimum atomic E-state index is -2.43. The average Bonchev–Trinajstić information content (AvgIpc) is 2.75. The van der Waals surface area contributed by atoms with Crippen molar-refractivity contribution in [2.75, 3.05) is 21.3 Å². The van der Waals surface area contributed by atoms with Gasteiger partial charge in [0.05, 0.1) is 0 Å². The quantitative estimate of drug-likeness (QED) is 0.0759. The molecule has 0 aromatic carbocycles. The van der Waals surface area contributed by atoms with Gasteiger partial charge < -0.3 is 13.3 Å². The molecular weight excluding hydrogens is 468 g/mol. The number of unbranched alkanes of at least 4 members (excludes halogenated alkanes) is 13. The van der Waals surface area contributed by atoms with E-state index in [1.54, 1.807) is 21.3 Å². The lowest BCUT2D eigenvalue weighted by atomic mass is 9.86. The van der Waals surface area contributed by atoms with Gasteiger partial charge in [0, 0.05) is 31.7 Å². The number of hydrogen-bond donors (Lipinski definition) is 0. The Morgan fingerprint density at radius 3 is 1.32 bits per heavy atom. The summed E-state index contributed by atoms with van der Waals surface area (Å²) in [6.07, 6.45) is 23.5. The maximum absolute atomic E-state index is 5.57. The van der Waals surface area contributed by atoms with E-state index in [0.29, 0.717) is 5.92 Å². The normalized spacial score (nSPS) is 13.6. The molecule has 0 saturated carbocycles. The van der Waals surface area contributed by atoms with Crippen LogP contribution in [-0.2, 0) is 13.3 Å². The Hall–Kier alpha value is 0.577. The third-order valence-corrected chi connectivity index (χ3v) is 10.3. The molecule has 0 saturated heterocycles. The highest BCUT2D eigenvalue weighted by molar-refractivity contribution is 9.10. The second-order valence-corrected chi connectivity index (χ2v) is 15.0. The average molecular weight is 524 g/mol. The highest BCUT2D eigenvalue weighted by Crippen LogP contribution is 2.35. The molecule has 0 aromatic heterocycles. The third kappa shape index (κ3) is 16.8. The second kappa shape index (κ2) is 20.0. The molecule has 0 aromatic rings. The van der Waals surface area contributed by atoms with Crippen molar-refractivity contribution >= 4 is 24.7 Å². The van der Waals surface area contributed by atoms with Gasteiger partial charge in [0.15, 0.2) is 0 Å². The zero-order valence-electron chi connectivity index (χ0n) is 21.9. The lowest BCUT2D eigenvalue weighted by Crippen LogP contribution is -2.42. The van der Waals surface area contributed by atoms with Gasteiger partial charge in [-0.05, 0) is 39.0 Å². The van der Waals surface area contributed by atoms with E-state index >= 15 is 0 Å². The van der Waals surface area contributed by atoms with Crippen LogP contribution in [0.1, 0.15) is 130 Å². The molecule has 0 spiro atoms. The van der Waals surface area contributed by atoms with Gasteiger partial charge in [-0.25, -0.2) is 0 Å². The Labute approximate surface area is 205 Å². The largest absolute Gasteiger partial charge is 0.500 e. The number of alkyl halides is 1. The van der Waals surface area contributed by atoms with Crippen LogP contribution in [0.5, 0.6) is 0 Å². The Balaban J connectivity index is 3.80. The minimum Gasteiger partial charge on any atom is -0.377 e. The molecule has 188 valence electrons. The molecular formula is C26H55BrO3Si. The minimum absolute atomic E-state index is 0.182. The van der Waals surface area contributed by atoms with Gasteiger partial charge in [-0.15, -0.1) is 0 Å². The van der Waals surface area contributed by atoms with Gasteiger partial charge in [-0.3, -0.25) is 0 Å². The summed E-state index contributed by atoms with van der Waals surface area (Å²) < 4.78 is 16.9. The third-order valence-electron chi connectivity index (χ3n) is 6.85. The summed E-state index contributed by atoms with van der Waals surface area (Å²) in [6, 6.07) is 0.898. The molecule has 1 atom stereocenters. The Morgan fingerprint density at radius 2 is 0.968 bits per heavy atom. The van der Waals surface area contributed by atoms with Crippen molar-refractivity contribution in [3.8, 4) is 0 Å². The summed E-state index contributed by atoms with van der Waals surface area (Å²) in [5.74, 6) is 0.682. The lowest BCUT2D eigenvalue weighted by molar-refractivity contribution is 0.122. The molecule has 0 rings (SSSR count). The van der Waals surface area contributed by atoms with Crippen LogP contribution in [0.15, 0.2) is 0 Å².